The summed E-state index contributed by atoms with van der Waals surface area (Å²) in [6.07, 6.45) is 8.72. The molecule has 0 amide bonds. The van der Waals surface area contributed by atoms with Crippen molar-refractivity contribution < 1.29 is 4.39 Å². The molecule has 0 heterocycles. The van der Waals surface area contributed by atoms with Gasteiger partial charge in [-0.15, -0.1) is 0 Å². The van der Waals surface area contributed by atoms with Crippen LogP contribution in [0.4, 0.5) is 4.39 Å². The van der Waals surface area contributed by atoms with Crippen molar-refractivity contribution in [1.82, 2.24) is 0 Å². The summed E-state index contributed by atoms with van der Waals surface area (Å²) in [6.45, 7) is 10.5. The maximum atomic E-state index is 14.5. The van der Waals surface area contributed by atoms with Gasteiger partial charge in [0.2, 0.25) is 0 Å². The maximum absolute atomic E-state index is 14.5. The molecule has 3 unspecified atom stereocenters. The molecule has 0 nitrogen and oxygen atoms in total. The van der Waals surface area contributed by atoms with E-state index in [4.69, 9.17) is 0 Å². The molecule has 0 N–H and O–H groups in total. The van der Waals surface area contributed by atoms with Gasteiger partial charge in [0.15, 0.2) is 0 Å². The van der Waals surface area contributed by atoms with Crippen molar-refractivity contribution in [3.63, 3.8) is 0 Å². The first-order chi connectivity index (χ1) is 8.36. The fraction of sp³-hybridized carbons (Fsp3) is 1.00. The molecule has 1 saturated carbocycles. The van der Waals surface area contributed by atoms with Crippen LogP contribution in [0.25, 0.3) is 0 Å². The predicted octanol–water partition coefficient (Wildman–Crippen LogP) is 6.00. The molecule has 0 bridgehead atoms. The first kappa shape index (κ1) is 16.0. The highest BCUT2D eigenvalue weighted by atomic mass is 19.1. The van der Waals surface area contributed by atoms with Gasteiger partial charge in [0.25, 0.3) is 0 Å². The Hall–Kier alpha value is -0.0700. The van der Waals surface area contributed by atoms with E-state index in [1.54, 1.807) is 13.8 Å². The standard InChI is InChI=1S/C17H33F/c1-6-9-14(12-13(2)3)15-10-7-8-11-16(15)17(4,5)18/h13-16H,6-12H2,1-5H3. The Labute approximate surface area is 114 Å². The quantitative estimate of drug-likeness (QED) is 0.546. The molecule has 1 rings (SSSR count). The predicted molar refractivity (Wildman–Crippen MR) is 78.5 cm³/mol. The molecule has 0 aliphatic heterocycles. The van der Waals surface area contributed by atoms with Gasteiger partial charge < -0.3 is 0 Å². The summed E-state index contributed by atoms with van der Waals surface area (Å²) >= 11 is 0. The van der Waals surface area contributed by atoms with Gasteiger partial charge in [0, 0.05) is 0 Å². The molecule has 1 heteroatoms. The molecule has 0 aromatic heterocycles. The summed E-state index contributed by atoms with van der Waals surface area (Å²) in [5.41, 5.74) is -0.992. The van der Waals surface area contributed by atoms with Gasteiger partial charge >= 0.3 is 0 Å². The topological polar surface area (TPSA) is 0 Å². The maximum Gasteiger partial charge on any atom is 0.108 e. The minimum atomic E-state index is -0.992. The molecule has 3 atom stereocenters. The number of halogens is 1. The lowest BCUT2D eigenvalue weighted by atomic mass is 9.64. The van der Waals surface area contributed by atoms with Gasteiger partial charge in [-0.2, -0.15) is 0 Å². The van der Waals surface area contributed by atoms with Crippen LogP contribution in [0.15, 0.2) is 0 Å². The molecule has 1 aliphatic carbocycles. The summed E-state index contributed by atoms with van der Waals surface area (Å²) in [5.74, 6) is 2.41. The summed E-state index contributed by atoms with van der Waals surface area (Å²) < 4.78 is 14.5. The van der Waals surface area contributed by atoms with Crippen molar-refractivity contribution in [2.24, 2.45) is 23.7 Å². The Morgan fingerprint density at radius 2 is 1.78 bits per heavy atom. The molecule has 0 saturated heterocycles. The number of hydrogen-bond donors (Lipinski definition) is 0. The normalized spacial score (nSPS) is 27.5. The molecule has 18 heavy (non-hydrogen) atoms. The minimum absolute atomic E-state index is 0.293. The van der Waals surface area contributed by atoms with Crippen LogP contribution in [-0.2, 0) is 0 Å². The smallest absolute Gasteiger partial charge is 0.108 e. The van der Waals surface area contributed by atoms with E-state index in [0.29, 0.717) is 11.8 Å². The van der Waals surface area contributed by atoms with Crippen molar-refractivity contribution in [3.05, 3.63) is 0 Å². The number of hydrogen-bond acceptors (Lipinski definition) is 0. The average Bonchev–Trinajstić information content (AvgIpc) is 2.27. The van der Waals surface area contributed by atoms with Crippen LogP contribution in [0.3, 0.4) is 0 Å². The third-order valence-corrected chi connectivity index (χ3v) is 4.74. The van der Waals surface area contributed by atoms with Crippen LogP contribution in [0.1, 0.15) is 79.6 Å². The second-order valence-electron chi connectivity index (χ2n) is 7.30. The zero-order valence-corrected chi connectivity index (χ0v) is 13.1. The highest BCUT2D eigenvalue weighted by molar-refractivity contribution is 4.90. The molecule has 0 spiro atoms. The van der Waals surface area contributed by atoms with Gasteiger partial charge in [-0.1, -0.05) is 46.5 Å². The van der Waals surface area contributed by atoms with Crippen LogP contribution in [-0.4, -0.2) is 5.67 Å². The largest absolute Gasteiger partial charge is 0.244 e. The third kappa shape index (κ3) is 4.55. The van der Waals surface area contributed by atoms with E-state index in [9.17, 15) is 4.39 Å². The molecule has 0 aromatic rings. The average molecular weight is 256 g/mol. The van der Waals surface area contributed by atoms with Crippen LogP contribution in [0.2, 0.25) is 0 Å². The first-order valence-corrected chi connectivity index (χ1v) is 8.05. The minimum Gasteiger partial charge on any atom is -0.244 e. The molecule has 0 aromatic carbocycles. The molecular formula is C17H33F. The van der Waals surface area contributed by atoms with E-state index >= 15 is 0 Å². The first-order valence-electron chi connectivity index (χ1n) is 8.05. The fourth-order valence-corrected chi connectivity index (χ4v) is 4.06. The second kappa shape index (κ2) is 6.91. The lowest BCUT2D eigenvalue weighted by Gasteiger charge is -2.42. The summed E-state index contributed by atoms with van der Waals surface area (Å²) in [6, 6.07) is 0. The van der Waals surface area contributed by atoms with Crippen LogP contribution >= 0.6 is 0 Å². The molecule has 0 radical (unpaired) electrons. The van der Waals surface area contributed by atoms with E-state index in [0.717, 1.165) is 18.3 Å². The zero-order chi connectivity index (χ0) is 13.8. The third-order valence-electron chi connectivity index (χ3n) is 4.74. The van der Waals surface area contributed by atoms with Crippen LogP contribution < -0.4 is 0 Å². The molecule has 108 valence electrons. The molecule has 1 fully saturated rings. The van der Waals surface area contributed by atoms with Crippen molar-refractivity contribution in [2.45, 2.75) is 85.2 Å². The lowest BCUT2D eigenvalue weighted by Crippen LogP contribution is -2.38. The van der Waals surface area contributed by atoms with Crippen molar-refractivity contribution >= 4 is 0 Å². The summed E-state index contributed by atoms with van der Waals surface area (Å²) in [4.78, 5) is 0. The van der Waals surface area contributed by atoms with E-state index < -0.39 is 5.67 Å². The van der Waals surface area contributed by atoms with Gasteiger partial charge in [0.05, 0.1) is 0 Å². The summed E-state index contributed by atoms with van der Waals surface area (Å²) in [5, 5.41) is 0. The molecular weight excluding hydrogens is 223 g/mol. The zero-order valence-electron chi connectivity index (χ0n) is 13.1. The van der Waals surface area contributed by atoms with E-state index in [1.165, 1.54) is 38.5 Å². The van der Waals surface area contributed by atoms with Crippen molar-refractivity contribution in [3.8, 4) is 0 Å². The Bertz CT molecular complexity index is 226. The number of rotatable bonds is 6. The van der Waals surface area contributed by atoms with Crippen molar-refractivity contribution in [2.75, 3.05) is 0 Å². The highest BCUT2D eigenvalue weighted by Crippen LogP contribution is 2.45. The summed E-state index contributed by atoms with van der Waals surface area (Å²) in [7, 11) is 0. The van der Waals surface area contributed by atoms with E-state index in [-0.39, 0.29) is 0 Å². The Morgan fingerprint density at radius 1 is 1.17 bits per heavy atom. The van der Waals surface area contributed by atoms with Gasteiger partial charge in [0.1, 0.15) is 5.67 Å². The SMILES string of the molecule is CCCC(CC(C)C)C1CCCCC1C(C)(C)F. The van der Waals surface area contributed by atoms with E-state index in [1.807, 2.05) is 0 Å². The Balaban J connectivity index is 2.78. The van der Waals surface area contributed by atoms with E-state index in [2.05, 4.69) is 20.8 Å². The fourth-order valence-electron chi connectivity index (χ4n) is 4.06. The lowest BCUT2D eigenvalue weighted by molar-refractivity contribution is 0.0150. The number of alkyl halides is 1. The van der Waals surface area contributed by atoms with Gasteiger partial charge in [-0.3, -0.25) is 0 Å². The second-order valence-corrected chi connectivity index (χ2v) is 7.30. The van der Waals surface area contributed by atoms with Crippen LogP contribution in [0, 0.1) is 23.7 Å². The highest BCUT2D eigenvalue weighted by Gasteiger charge is 2.40. The Morgan fingerprint density at radius 3 is 2.28 bits per heavy atom. The van der Waals surface area contributed by atoms with Crippen molar-refractivity contribution in [1.29, 1.82) is 0 Å². The monoisotopic (exact) mass is 256 g/mol. The van der Waals surface area contributed by atoms with Crippen LogP contribution in [0.5, 0.6) is 0 Å². The Kier molecular flexibility index (Phi) is 6.14. The molecule has 1 aliphatic rings. The van der Waals surface area contributed by atoms with Gasteiger partial charge in [-0.05, 0) is 56.8 Å². The van der Waals surface area contributed by atoms with Gasteiger partial charge in [-0.25, -0.2) is 4.39 Å².